The van der Waals surface area contributed by atoms with Gasteiger partial charge in [-0.15, -0.1) is 0 Å². The normalized spacial score (nSPS) is 31.5. The SMILES string of the molecule is CC1CCCN(CC2(CO)CCCCC2)C1. The highest BCUT2D eigenvalue weighted by Crippen LogP contribution is 2.37. The third-order valence-electron chi connectivity index (χ3n) is 4.55. The summed E-state index contributed by atoms with van der Waals surface area (Å²) < 4.78 is 0. The van der Waals surface area contributed by atoms with Crippen LogP contribution in [0.15, 0.2) is 0 Å². The van der Waals surface area contributed by atoms with Gasteiger partial charge < -0.3 is 10.0 Å². The van der Waals surface area contributed by atoms with Crippen molar-refractivity contribution in [2.45, 2.75) is 51.9 Å². The van der Waals surface area contributed by atoms with Crippen LogP contribution in [0.2, 0.25) is 0 Å². The van der Waals surface area contributed by atoms with Crippen molar-refractivity contribution in [1.82, 2.24) is 4.90 Å². The summed E-state index contributed by atoms with van der Waals surface area (Å²) >= 11 is 0. The van der Waals surface area contributed by atoms with Crippen molar-refractivity contribution >= 4 is 0 Å². The molecule has 1 saturated heterocycles. The topological polar surface area (TPSA) is 23.5 Å². The molecular weight excluding hydrogens is 198 g/mol. The molecule has 2 aliphatic rings. The molecule has 0 amide bonds. The molecular formula is C14H27NO. The van der Waals surface area contributed by atoms with E-state index in [1.54, 1.807) is 0 Å². The van der Waals surface area contributed by atoms with Gasteiger partial charge in [-0.05, 0) is 38.1 Å². The summed E-state index contributed by atoms with van der Waals surface area (Å²) in [6.07, 6.45) is 9.25. The maximum absolute atomic E-state index is 9.71. The lowest BCUT2D eigenvalue weighted by Crippen LogP contribution is -2.45. The molecule has 0 radical (unpaired) electrons. The first-order chi connectivity index (χ1) is 7.74. The Labute approximate surface area is 100 Å². The third-order valence-corrected chi connectivity index (χ3v) is 4.55. The van der Waals surface area contributed by atoms with Gasteiger partial charge in [-0.1, -0.05) is 26.2 Å². The number of likely N-dealkylation sites (tertiary alicyclic amines) is 1. The summed E-state index contributed by atoms with van der Waals surface area (Å²) in [5.41, 5.74) is 0.245. The highest BCUT2D eigenvalue weighted by Gasteiger charge is 2.34. The molecule has 94 valence electrons. The van der Waals surface area contributed by atoms with Gasteiger partial charge in [-0.25, -0.2) is 0 Å². The number of rotatable bonds is 3. The molecule has 1 N–H and O–H groups in total. The second kappa shape index (κ2) is 5.50. The van der Waals surface area contributed by atoms with E-state index in [0.29, 0.717) is 6.61 Å². The van der Waals surface area contributed by atoms with E-state index in [0.717, 1.165) is 12.5 Å². The van der Waals surface area contributed by atoms with Crippen molar-refractivity contribution in [1.29, 1.82) is 0 Å². The highest BCUT2D eigenvalue weighted by atomic mass is 16.3. The van der Waals surface area contributed by atoms with Crippen LogP contribution < -0.4 is 0 Å². The van der Waals surface area contributed by atoms with Crippen molar-refractivity contribution in [3.05, 3.63) is 0 Å². The lowest BCUT2D eigenvalue weighted by atomic mass is 9.74. The molecule has 1 heterocycles. The smallest absolute Gasteiger partial charge is 0.0499 e. The first-order valence-corrected chi connectivity index (χ1v) is 7.07. The molecule has 1 saturated carbocycles. The minimum absolute atomic E-state index is 0.245. The van der Waals surface area contributed by atoms with Crippen molar-refractivity contribution in [2.24, 2.45) is 11.3 Å². The van der Waals surface area contributed by atoms with Crippen molar-refractivity contribution in [2.75, 3.05) is 26.2 Å². The van der Waals surface area contributed by atoms with Crippen LogP contribution in [0.3, 0.4) is 0 Å². The molecule has 1 aliphatic carbocycles. The van der Waals surface area contributed by atoms with Gasteiger partial charge in [0.05, 0.1) is 0 Å². The molecule has 0 bridgehead atoms. The van der Waals surface area contributed by atoms with E-state index >= 15 is 0 Å². The Balaban J connectivity index is 1.89. The Hall–Kier alpha value is -0.0800. The lowest BCUT2D eigenvalue weighted by molar-refractivity contribution is 0.0272. The van der Waals surface area contributed by atoms with Crippen LogP contribution in [0.25, 0.3) is 0 Å². The predicted molar refractivity (Wildman–Crippen MR) is 67.4 cm³/mol. The van der Waals surface area contributed by atoms with Crippen molar-refractivity contribution in [3.63, 3.8) is 0 Å². The van der Waals surface area contributed by atoms with Gasteiger partial charge in [0.15, 0.2) is 0 Å². The Morgan fingerprint density at radius 1 is 1.19 bits per heavy atom. The van der Waals surface area contributed by atoms with Gasteiger partial charge in [0.25, 0.3) is 0 Å². The van der Waals surface area contributed by atoms with E-state index in [4.69, 9.17) is 0 Å². The van der Waals surface area contributed by atoms with Gasteiger partial charge in [0, 0.05) is 25.1 Å². The first-order valence-electron chi connectivity index (χ1n) is 7.07. The number of piperidine rings is 1. The second-order valence-electron chi connectivity index (χ2n) is 6.20. The fraction of sp³-hybridized carbons (Fsp3) is 1.00. The predicted octanol–water partition coefficient (Wildman–Crippen LogP) is 2.66. The molecule has 2 rings (SSSR count). The quantitative estimate of drug-likeness (QED) is 0.798. The van der Waals surface area contributed by atoms with E-state index in [1.807, 2.05) is 0 Å². The fourth-order valence-electron chi connectivity index (χ4n) is 3.57. The Kier molecular flexibility index (Phi) is 4.26. The van der Waals surface area contributed by atoms with Crippen LogP contribution in [0.1, 0.15) is 51.9 Å². The summed E-state index contributed by atoms with van der Waals surface area (Å²) in [7, 11) is 0. The molecule has 2 heteroatoms. The summed E-state index contributed by atoms with van der Waals surface area (Å²) in [5.74, 6) is 0.855. The van der Waals surface area contributed by atoms with E-state index < -0.39 is 0 Å². The molecule has 2 nitrogen and oxygen atoms in total. The summed E-state index contributed by atoms with van der Waals surface area (Å²) in [5, 5.41) is 9.71. The maximum Gasteiger partial charge on any atom is 0.0499 e. The first kappa shape index (κ1) is 12.4. The molecule has 0 aromatic rings. The molecule has 0 aromatic heterocycles. The number of aliphatic hydroxyl groups excluding tert-OH is 1. The molecule has 16 heavy (non-hydrogen) atoms. The van der Waals surface area contributed by atoms with Gasteiger partial charge in [0.1, 0.15) is 0 Å². The van der Waals surface area contributed by atoms with Crippen LogP contribution in [0, 0.1) is 11.3 Å². The molecule has 2 fully saturated rings. The largest absolute Gasteiger partial charge is 0.396 e. The van der Waals surface area contributed by atoms with E-state index in [9.17, 15) is 5.11 Å². The minimum atomic E-state index is 0.245. The number of aliphatic hydroxyl groups is 1. The van der Waals surface area contributed by atoms with Gasteiger partial charge >= 0.3 is 0 Å². The van der Waals surface area contributed by atoms with Crippen LogP contribution >= 0.6 is 0 Å². The summed E-state index contributed by atoms with van der Waals surface area (Å²) in [4.78, 5) is 2.61. The zero-order valence-corrected chi connectivity index (χ0v) is 10.7. The Morgan fingerprint density at radius 3 is 2.56 bits per heavy atom. The van der Waals surface area contributed by atoms with Crippen LogP contribution in [0.5, 0.6) is 0 Å². The molecule has 1 unspecified atom stereocenters. The Bertz CT molecular complexity index is 211. The standard InChI is InChI=1S/C14H27NO/c1-13-6-5-9-15(10-13)11-14(12-16)7-3-2-4-8-14/h13,16H,2-12H2,1H3. The maximum atomic E-state index is 9.71. The second-order valence-corrected chi connectivity index (χ2v) is 6.20. The number of nitrogens with zero attached hydrogens (tertiary/aromatic N) is 1. The fourth-order valence-corrected chi connectivity index (χ4v) is 3.57. The average Bonchev–Trinajstić information content (AvgIpc) is 2.30. The molecule has 1 aliphatic heterocycles. The van der Waals surface area contributed by atoms with Crippen molar-refractivity contribution in [3.8, 4) is 0 Å². The summed E-state index contributed by atoms with van der Waals surface area (Å²) in [6.45, 7) is 6.41. The van der Waals surface area contributed by atoms with Crippen LogP contribution in [-0.2, 0) is 0 Å². The van der Waals surface area contributed by atoms with E-state index in [1.165, 1.54) is 58.0 Å². The minimum Gasteiger partial charge on any atom is -0.396 e. The number of hydrogen-bond donors (Lipinski definition) is 1. The Morgan fingerprint density at radius 2 is 1.94 bits per heavy atom. The highest BCUT2D eigenvalue weighted by molar-refractivity contribution is 4.86. The van der Waals surface area contributed by atoms with Gasteiger partial charge in [-0.2, -0.15) is 0 Å². The third kappa shape index (κ3) is 2.98. The van der Waals surface area contributed by atoms with Crippen LogP contribution in [0.4, 0.5) is 0 Å². The van der Waals surface area contributed by atoms with E-state index in [-0.39, 0.29) is 5.41 Å². The molecule has 0 aromatic carbocycles. The van der Waals surface area contributed by atoms with Gasteiger partial charge in [0.2, 0.25) is 0 Å². The van der Waals surface area contributed by atoms with Gasteiger partial charge in [-0.3, -0.25) is 0 Å². The molecule has 1 atom stereocenters. The number of hydrogen-bond acceptors (Lipinski definition) is 2. The van der Waals surface area contributed by atoms with E-state index in [2.05, 4.69) is 11.8 Å². The zero-order chi connectivity index (χ0) is 11.4. The lowest BCUT2D eigenvalue weighted by Gasteiger charge is -2.42. The van der Waals surface area contributed by atoms with Crippen LogP contribution in [-0.4, -0.2) is 36.2 Å². The average molecular weight is 225 g/mol. The molecule has 0 spiro atoms. The zero-order valence-electron chi connectivity index (χ0n) is 10.7. The summed E-state index contributed by atoms with van der Waals surface area (Å²) in [6, 6.07) is 0. The van der Waals surface area contributed by atoms with Crippen molar-refractivity contribution < 1.29 is 5.11 Å². The monoisotopic (exact) mass is 225 g/mol.